The van der Waals surface area contributed by atoms with Crippen molar-refractivity contribution >= 4 is 0 Å². The van der Waals surface area contributed by atoms with Crippen LogP contribution in [0.2, 0.25) is 0 Å². The van der Waals surface area contributed by atoms with Crippen LogP contribution >= 0.6 is 0 Å². The summed E-state index contributed by atoms with van der Waals surface area (Å²) in [6.07, 6.45) is 6.91. The maximum atomic E-state index is 8.61. The van der Waals surface area contributed by atoms with E-state index in [1.54, 1.807) is 0 Å². The van der Waals surface area contributed by atoms with Crippen LogP contribution in [0.1, 0.15) is 38.5 Å². The van der Waals surface area contributed by atoms with Crippen LogP contribution in [-0.2, 0) is 0 Å². The van der Waals surface area contributed by atoms with Gasteiger partial charge in [0.1, 0.15) is 5.75 Å². The zero-order valence-electron chi connectivity index (χ0n) is 9.90. The minimum atomic E-state index is 0.330. The molecule has 0 aliphatic heterocycles. The minimum Gasteiger partial charge on any atom is -0.494 e. The first-order valence-electron chi connectivity index (χ1n) is 6.22. The van der Waals surface area contributed by atoms with E-state index in [0.29, 0.717) is 6.61 Å². The third-order valence-electron chi connectivity index (χ3n) is 2.56. The van der Waals surface area contributed by atoms with E-state index >= 15 is 0 Å². The molecule has 0 saturated carbocycles. The Morgan fingerprint density at radius 1 is 0.812 bits per heavy atom. The fourth-order valence-electron chi connectivity index (χ4n) is 1.63. The van der Waals surface area contributed by atoms with Crippen LogP contribution in [0.3, 0.4) is 0 Å². The van der Waals surface area contributed by atoms with E-state index in [1.165, 1.54) is 19.3 Å². The second-order valence-electron chi connectivity index (χ2n) is 4.01. The molecule has 0 aliphatic carbocycles. The number of hydrogen-bond acceptors (Lipinski definition) is 2. The van der Waals surface area contributed by atoms with Gasteiger partial charge in [-0.15, -0.1) is 0 Å². The molecule has 90 valence electrons. The van der Waals surface area contributed by atoms with Crippen LogP contribution in [0.25, 0.3) is 0 Å². The summed E-state index contributed by atoms with van der Waals surface area (Å²) >= 11 is 0. The van der Waals surface area contributed by atoms with Crippen molar-refractivity contribution in [3.63, 3.8) is 0 Å². The molecule has 0 aromatic heterocycles. The lowest BCUT2D eigenvalue weighted by molar-refractivity contribution is 0.280. The van der Waals surface area contributed by atoms with Crippen molar-refractivity contribution in [1.29, 1.82) is 0 Å². The fraction of sp³-hybridized carbons (Fsp3) is 0.571. The summed E-state index contributed by atoms with van der Waals surface area (Å²) in [5.74, 6) is 0.961. The second kappa shape index (κ2) is 9.22. The SMILES string of the molecule is OCCCCCCCCOc1ccccc1. The molecule has 1 aromatic rings. The number of aliphatic hydroxyl groups is 1. The molecule has 0 unspecified atom stereocenters. The van der Waals surface area contributed by atoms with E-state index in [0.717, 1.165) is 31.6 Å². The van der Waals surface area contributed by atoms with Gasteiger partial charge in [-0.3, -0.25) is 0 Å². The van der Waals surface area contributed by atoms with E-state index in [2.05, 4.69) is 0 Å². The highest BCUT2D eigenvalue weighted by atomic mass is 16.5. The molecule has 0 fully saturated rings. The molecule has 16 heavy (non-hydrogen) atoms. The van der Waals surface area contributed by atoms with Crippen LogP contribution in [0.5, 0.6) is 5.75 Å². The first-order chi connectivity index (χ1) is 7.93. The van der Waals surface area contributed by atoms with Crippen LogP contribution in [0.4, 0.5) is 0 Å². The lowest BCUT2D eigenvalue weighted by atomic mass is 10.1. The van der Waals surface area contributed by atoms with Crippen molar-refractivity contribution in [2.45, 2.75) is 38.5 Å². The predicted octanol–water partition coefficient (Wildman–Crippen LogP) is 3.40. The van der Waals surface area contributed by atoms with Crippen molar-refractivity contribution in [2.75, 3.05) is 13.2 Å². The third-order valence-corrected chi connectivity index (χ3v) is 2.56. The summed E-state index contributed by atoms with van der Waals surface area (Å²) in [5.41, 5.74) is 0. The van der Waals surface area contributed by atoms with Gasteiger partial charge in [-0.25, -0.2) is 0 Å². The lowest BCUT2D eigenvalue weighted by Crippen LogP contribution is -1.96. The van der Waals surface area contributed by atoms with Gasteiger partial charge in [0, 0.05) is 6.61 Å². The van der Waals surface area contributed by atoms with Crippen LogP contribution in [0, 0.1) is 0 Å². The summed E-state index contributed by atoms with van der Waals surface area (Å²) in [6, 6.07) is 9.95. The quantitative estimate of drug-likeness (QED) is 0.649. The highest BCUT2D eigenvalue weighted by Gasteiger charge is 1.93. The molecule has 0 heterocycles. The summed E-state index contributed by atoms with van der Waals surface area (Å²) in [6.45, 7) is 1.14. The van der Waals surface area contributed by atoms with Gasteiger partial charge >= 0.3 is 0 Å². The van der Waals surface area contributed by atoms with Gasteiger partial charge in [0.15, 0.2) is 0 Å². The van der Waals surface area contributed by atoms with Crippen molar-refractivity contribution in [3.05, 3.63) is 30.3 Å². The Bertz CT molecular complexity index is 246. The normalized spacial score (nSPS) is 10.3. The zero-order chi connectivity index (χ0) is 11.5. The monoisotopic (exact) mass is 222 g/mol. The molecule has 2 nitrogen and oxygen atoms in total. The van der Waals surface area contributed by atoms with Crippen molar-refractivity contribution in [3.8, 4) is 5.75 Å². The van der Waals surface area contributed by atoms with E-state index < -0.39 is 0 Å². The van der Waals surface area contributed by atoms with Crippen LogP contribution < -0.4 is 4.74 Å². The minimum absolute atomic E-state index is 0.330. The maximum absolute atomic E-state index is 8.61. The van der Waals surface area contributed by atoms with E-state index in [4.69, 9.17) is 9.84 Å². The molecule has 1 rings (SSSR count). The molecule has 0 radical (unpaired) electrons. The van der Waals surface area contributed by atoms with Gasteiger partial charge in [0.05, 0.1) is 6.61 Å². The highest BCUT2D eigenvalue weighted by Crippen LogP contribution is 2.10. The molecule has 0 aliphatic rings. The molecular formula is C14H22O2. The smallest absolute Gasteiger partial charge is 0.119 e. The Morgan fingerprint density at radius 2 is 1.44 bits per heavy atom. The molecular weight excluding hydrogens is 200 g/mol. The molecule has 0 atom stereocenters. The van der Waals surface area contributed by atoms with Crippen LogP contribution in [-0.4, -0.2) is 18.3 Å². The number of ether oxygens (including phenoxy) is 1. The Balaban J connectivity index is 1.89. The molecule has 1 N–H and O–H groups in total. The Labute approximate surface area is 98.3 Å². The lowest BCUT2D eigenvalue weighted by Gasteiger charge is -2.05. The fourth-order valence-corrected chi connectivity index (χ4v) is 1.63. The van der Waals surface area contributed by atoms with Crippen molar-refractivity contribution in [1.82, 2.24) is 0 Å². The molecule has 0 spiro atoms. The highest BCUT2D eigenvalue weighted by molar-refractivity contribution is 5.20. The van der Waals surface area contributed by atoms with Gasteiger partial charge in [0.2, 0.25) is 0 Å². The van der Waals surface area contributed by atoms with Crippen molar-refractivity contribution < 1.29 is 9.84 Å². The number of rotatable bonds is 9. The predicted molar refractivity (Wildman–Crippen MR) is 66.7 cm³/mol. The van der Waals surface area contributed by atoms with Gasteiger partial charge < -0.3 is 9.84 Å². The van der Waals surface area contributed by atoms with Gasteiger partial charge in [0.25, 0.3) is 0 Å². The van der Waals surface area contributed by atoms with Gasteiger partial charge in [-0.2, -0.15) is 0 Å². The van der Waals surface area contributed by atoms with E-state index in [-0.39, 0.29) is 0 Å². The maximum Gasteiger partial charge on any atom is 0.119 e. The largest absolute Gasteiger partial charge is 0.494 e. The number of para-hydroxylation sites is 1. The van der Waals surface area contributed by atoms with E-state index in [9.17, 15) is 0 Å². The summed E-state index contributed by atoms with van der Waals surface area (Å²) in [5, 5.41) is 8.61. The first-order valence-corrected chi connectivity index (χ1v) is 6.22. The number of aliphatic hydroxyl groups excluding tert-OH is 1. The second-order valence-corrected chi connectivity index (χ2v) is 4.01. The van der Waals surface area contributed by atoms with Crippen molar-refractivity contribution in [2.24, 2.45) is 0 Å². The van der Waals surface area contributed by atoms with Crippen LogP contribution in [0.15, 0.2) is 30.3 Å². The first kappa shape index (κ1) is 13.0. The topological polar surface area (TPSA) is 29.5 Å². The molecule has 0 saturated heterocycles. The Morgan fingerprint density at radius 3 is 2.12 bits per heavy atom. The molecule has 0 bridgehead atoms. The number of hydrogen-bond donors (Lipinski definition) is 1. The Hall–Kier alpha value is -1.02. The van der Waals surface area contributed by atoms with E-state index in [1.807, 2.05) is 30.3 Å². The molecule has 2 heteroatoms. The third kappa shape index (κ3) is 6.46. The summed E-state index contributed by atoms with van der Waals surface area (Å²) in [7, 11) is 0. The number of unbranched alkanes of at least 4 members (excludes halogenated alkanes) is 5. The summed E-state index contributed by atoms with van der Waals surface area (Å²) < 4.78 is 5.59. The molecule has 1 aromatic carbocycles. The average molecular weight is 222 g/mol. The standard InChI is InChI=1S/C14H22O2/c15-12-8-3-1-2-4-9-13-16-14-10-6-5-7-11-14/h5-7,10-11,15H,1-4,8-9,12-13H2. The summed E-state index contributed by atoms with van der Waals surface area (Å²) in [4.78, 5) is 0. The number of benzene rings is 1. The molecule has 0 amide bonds. The Kier molecular flexibility index (Phi) is 7.52. The van der Waals surface area contributed by atoms with Gasteiger partial charge in [-0.1, -0.05) is 43.9 Å². The van der Waals surface area contributed by atoms with Gasteiger partial charge in [-0.05, 0) is 25.0 Å². The average Bonchev–Trinajstić information content (AvgIpc) is 2.34. The zero-order valence-corrected chi connectivity index (χ0v) is 9.90.